The quantitative estimate of drug-likeness (QED) is 0.765. The van der Waals surface area contributed by atoms with Crippen molar-refractivity contribution < 1.29 is 14.3 Å². The molecule has 0 bridgehead atoms. The van der Waals surface area contributed by atoms with Crippen molar-refractivity contribution in [3.8, 4) is 0 Å². The van der Waals surface area contributed by atoms with E-state index in [9.17, 15) is 9.59 Å². The Kier molecular flexibility index (Phi) is 35.6. The summed E-state index contributed by atoms with van der Waals surface area (Å²) in [5.41, 5.74) is 0. The van der Waals surface area contributed by atoms with Gasteiger partial charge < -0.3 is 10.1 Å². The third-order valence-corrected chi connectivity index (χ3v) is 0.709. The predicted octanol–water partition coefficient (Wildman–Crippen LogP) is 3.01. The third kappa shape index (κ3) is 70.9. The van der Waals surface area contributed by atoms with Gasteiger partial charge in [-0.2, -0.15) is 0 Å². The van der Waals surface area contributed by atoms with Gasteiger partial charge >= 0.3 is 5.97 Å². The minimum Gasteiger partial charge on any atom is -0.468 e. The number of carbonyl (C=O) groups is 2. The Morgan fingerprint density at radius 3 is 1.53 bits per heavy atom. The summed E-state index contributed by atoms with van der Waals surface area (Å²) in [4.78, 5) is 20.4. The van der Waals surface area contributed by atoms with Gasteiger partial charge in [0.1, 0.15) is 6.54 Å². The summed E-state index contributed by atoms with van der Waals surface area (Å²) >= 11 is 0. The maximum Gasteiger partial charge on any atom is 0.325 e. The van der Waals surface area contributed by atoms with Gasteiger partial charge in [0.05, 0.1) is 7.11 Å². The van der Waals surface area contributed by atoms with Crippen molar-refractivity contribution in [3.63, 3.8) is 0 Å². The van der Waals surface area contributed by atoms with Crippen LogP contribution in [0.25, 0.3) is 0 Å². The van der Waals surface area contributed by atoms with Crippen molar-refractivity contribution in [2.75, 3.05) is 13.7 Å². The van der Waals surface area contributed by atoms with Gasteiger partial charge in [0.25, 0.3) is 0 Å². The molecule has 4 nitrogen and oxygen atoms in total. The van der Waals surface area contributed by atoms with Crippen LogP contribution in [0.1, 0.15) is 55.4 Å². The fourth-order valence-corrected chi connectivity index (χ4v) is 0.269. The number of ether oxygens (including phenoxy) is 1. The molecule has 0 aliphatic rings. The lowest BCUT2D eigenvalue weighted by atomic mass is 10.3. The molecule has 0 saturated heterocycles. The van der Waals surface area contributed by atoms with Gasteiger partial charge in [-0.05, 0) is 5.92 Å². The van der Waals surface area contributed by atoms with Crippen LogP contribution in [0.15, 0.2) is 0 Å². The summed E-state index contributed by atoms with van der Waals surface area (Å²) < 4.78 is 4.25. The van der Waals surface area contributed by atoms with Crippen LogP contribution in [0.5, 0.6) is 0 Å². The van der Waals surface area contributed by atoms with Crippen molar-refractivity contribution in [2.45, 2.75) is 55.4 Å². The van der Waals surface area contributed by atoms with Gasteiger partial charge in [0, 0.05) is 6.92 Å². The van der Waals surface area contributed by atoms with E-state index >= 15 is 0 Å². The Bertz CT molecular complexity index is 154. The first-order valence-corrected chi connectivity index (χ1v) is 6.21. The van der Waals surface area contributed by atoms with Gasteiger partial charge in [-0.3, -0.25) is 9.59 Å². The van der Waals surface area contributed by atoms with E-state index < -0.39 is 5.97 Å². The van der Waals surface area contributed by atoms with Gasteiger partial charge in [-0.25, -0.2) is 0 Å². The SMILES string of the molecule is CC.CC.CC(C)C.COC(=O)CNC(C)=O. The Hall–Kier alpha value is -1.06. The number of nitrogens with one attached hydrogen (secondary N) is 1. The summed E-state index contributed by atoms with van der Waals surface area (Å²) in [7, 11) is 1.27. The van der Waals surface area contributed by atoms with E-state index in [1.807, 2.05) is 27.7 Å². The number of esters is 1. The minimum atomic E-state index is -0.440. The number of hydrogen-bond acceptors (Lipinski definition) is 3. The highest BCUT2D eigenvalue weighted by Gasteiger charge is 1.98. The lowest BCUT2D eigenvalue weighted by Gasteiger charge is -1.97. The fraction of sp³-hybridized carbons (Fsp3) is 0.846. The molecule has 106 valence electrons. The van der Waals surface area contributed by atoms with Crippen LogP contribution < -0.4 is 5.32 Å². The van der Waals surface area contributed by atoms with E-state index in [1.165, 1.54) is 14.0 Å². The largest absolute Gasteiger partial charge is 0.468 e. The molecule has 0 aliphatic heterocycles. The molecule has 0 spiro atoms. The fourth-order valence-electron chi connectivity index (χ4n) is 0.269. The zero-order chi connectivity index (χ0) is 14.9. The second kappa shape index (κ2) is 24.3. The Labute approximate surface area is 107 Å². The molecule has 0 aromatic carbocycles. The van der Waals surface area contributed by atoms with Crippen molar-refractivity contribution in [2.24, 2.45) is 5.92 Å². The van der Waals surface area contributed by atoms with Crippen molar-refractivity contribution in [1.82, 2.24) is 5.32 Å². The monoisotopic (exact) mass is 249 g/mol. The third-order valence-electron chi connectivity index (χ3n) is 0.709. The molecule has 0 unspecified atom stereocenters. The smallest absolute Gasteiger partial charge is 0.325 e. The van der Waals surface area contributed by atoms with Crippen LogP contribution in [-0.4, -0.2) is 25.5 Å². The second-order valence-corrected chi connectivity index (χ2v) is 3.22. The standard InChI is InChI=1S/C5H9NO3.C4H10.2C2H6/c1-4(7)6-3-5(8)9-2;1-4(2)3;2*1-2/h3H2,1-2H3,(H,6,7);4H,1-3H3;2*1-2H3. The van der Waals surface area contributed by atoms with E-state index in [0.717, 1.165) is 5.92 Å². The van der Waals surface area contributed by atoms with Gasteiger partial charge in [-0.15, -0.1) is 0 Å². The van der Waals surface area contributed by atoms with E-state index in [2.05, 4.69) is 30.8 Å². The first-order chi connectivity index (χ1) is 7.90. The highest BCUT2D eigenvalue weighted by Crippen LogP contribution is 1.81. The van der Waals surface area contributed by atoms with E-state index in [0.29, 0.717) is 0 Å². The van der Waals surface area contributed by atoms with Crippen LogP contribution in [0, 0.1) is 5.92 Å². The van der Waals surface area contributed by atoms with Gasteiger partial charge in [-0.1, -0.05) is 48.5 Å². The molecule has 0 rings (SSSR count). The Balaban J connectivity index is -0.0000000887. The molecule has 1 amide bonds. The number of rotatable bonds is 2. The summed E-state index contributed by atoms with van der Waals surface area (Å²) in [5.74, 6) is 0.158. The summed E-state index contributed by atoms with van der Waals surface area (Å²) in [6, 6.07) is 0. The lowest BCUT2D eigenvalue weighted by Crippen LogP contribution is -2.27. The number of carbonyl (C=O) groups excluding carboxylic acids is 2. The topological polar surface area (TPSA) is 55.4 Å². The van der Waals surface area contributed by atoms with Crippen LogP contribution in [0.2, 0.25) is 0 Å². The number of amides is 1. The average molecular weight is 249 g/mol. The molecule has 0 atom stereocenters. The zero-order valence-corrected chi connectivity index (χ0v) is 13.0. The van der Waals surface area contributed by atoms with E-state index in [4.69, 9.17) is 0 Å². The molecular formula is C13H31NO3. The summed E-state index contributed by atoms with van der Waals surface area (Å²) in [6.07, 6.45) is 0. The molecule has 1 N–H and O–H groups in total. The molecule has 0 saturated carbocycles. The first kappa shape index (κ1) is 25.0. The van der Waals surface area contributed by atoms with E-state index in [-0.39, 0.29) is 12.5 Å². The molecule has 0 aromatic heterocycles. The molecule has 0 heterocycles. The van der Waals surface area contributed by atoms with Gasteiger partial charge in [0.2, 0.25) is 5.91 Å². The van der Waals surface area contributed by atoms with E-state index in [1.54, 1.807) is 0 Å². The maximum atomic E-state index is 10.3. The Morgan fingerprint density at radius 2 is 1.35 bits per heavy atom. The highest BCUT2D eigenvalue weighted by atomic mass is 16.5. The number of methoxy groups -OCH3 is 1. The summed E-state index contributed by atoms with van der Waals surface area (Å²) in [5, 5.41) is 2.28. The van der Waals surface area contributed by atoms with Crippen LogP contribution in [-0.2, 0) is 14.3 Å². The first-order valence-electron chi connectivity index (χ1n) is 6.21. The Morgan fingerprint density at radius 1 is 1.06 bits per heavy atom. The molecule has 0 aromatic rings. The molecule has 0 fully saturated rings. The second-order valence-electron chi connectivity index (χ2n) is 3.22. The maximum absolute atomic E-state index is 10.3. The number of hydrogen-bond donors (Lipinski definition) is 1. The average Bonchev–Trinajstić information content (AvgIpc) is 2.30. The van der Waals surface area contributed by atoms with Crippen molar-refractivity contribution in [3.05, 3.63) is 0 Å². The lowest BCUT2D eigenvalue weighted by molar-refractivity contribution is -0.140. The normalized spacial score (nSPS) is 7.18. The predicted molar refractivity (Wildman–Crippen MR) is 73.9 cm³/mol. The molecule has 0 aliphatic carbocycles. The zero-order valence-electron chi connectivity index (χ0n) is 13.0. The molecule has 4 heteroatoms. The molecular weight excluding hydrogens is 218 g/mol. The van der Waals surface area contributed by atoms with Crippen molar-refractivity contribution in [1.29, 1.82) is 0 Å². The highest BCUT2D eigenvalue weighted by molar-refractivity contribution is 5.80. The van der Waals surface area contributed by atoms with Crippen LogP contribution in [0.4, 0.5) is 0 Å². The van der Waals surface area contributed by atoms with Crippen LogP contribution in [0.3, 0.4) is 0 Å². The minimum absolute atomic E-state index is 0.0498. The molecule has 17 heavy (non-hydrogen) atoms. The van der Waals surface area contributed by atoms with Crippen LogP contribution >= 0.6 is 0 Å². The van der Waals surface area contributed by atoms with Gasteiger partial charge in [0.15, 0.2) is 0 Å². The molecule has 0 radical (unpaired) electrons. The summed E-state index contributed by atoms with van der Waals surface area (Å²) in [6.45, 7) is 15.8. The van der Waals surface area contributed by atoms with Crippen molar-refractivity contribution >= 4 is 11.9 Å².